The summed E-state index contributed by atoms with van der Waals surface area (Å²) < 4.78 is 17.1. The largest absolute Gasteiger partial charge is 0.489 e. The molecule has 1 N–H and O–H groups in total. The Kier molecular flexibility index (Phi) is 8.37. The van der Waals surface area contributed by atoms with E-state index in [1.165, 1.54) is 11.8 Å². The Morgan fingerprint density at radius 3 is 2.42 bits per heavy atom. The third-order valence-electron chi connectivity index (χ3n) is 5.32. The van der Waals surface area contributed by atoms with Gasteiger partial charge >= 0.3 is 5.97 Å². The lowest BCUT2D eigenvalue weighted by Crippen LogP contribution is -2.33. The van der Waals surface area contributed by atoms with E-state index >= 15 is 0 Å². The average Bonchev–Trinajstić information content (AvgIpc) is 3.15. The summed E-state index contributed by atoms with van der Waals surface area (Å²) in [4.78, 5) is 28.6. The molecule has 0 bridgehead atoms. The molecule has 1 amide bonds. The predicted molar refractivity (Wildman–Crippen MR) is 128 cm³/mol. The third kappa shape index (κ3) is 6.95. The summed E-state index contributed by atoms with van der Waals surface area (Å²) in [6.07, 6.45) is 2.48. The number of ether oxygens (including phenoxy) is 3. The van der Waals surface area contributed by atoms with Gasteiger partial charge in [0.25, 0.3) is 5.24 Å². The van der Waals surface area contributed by atoms with Crippen molar-refractivity contribution in [3.05, 3.63) is 59.4 Å². The van der Waals surface area contributed by atoms with Gasteiger partial charge in [0.2, 0.25) is 0 Å². The summed E-state index contributed by atoms with van der Waals surface area (Å²) in [7, 11) is 1.59. The van der Waals surface area contributed by atoms with Crippen molar-refractivity contribution >= 4 is 23.0 Å². The van der Waals surface area contributed by atoms with E-state index < -0.39 is 11.5 Å². The third-order valence-corrected chi connectivity index (χ3v) is 6.37. The highest BCUT2D eigenvalue weighted by Crippen LogP contribution is 2.28. The number of nitrogens with zero attached hydrogens (tertiary/aromatic N) is 1. The number of carbonyl (C=O) groups is 2. The molecule has 1 saturated heterocycles. The number of benzene rings is 1. The fraction of sp³-hybridized carbons (Fsp3) is 0.480. The van der Waals surface area contributed by atoms with Crippen molar-refractivity contribution in [3.8, 4) is 5.75 Å². The van der Waals surface area contributed by atoms with Crippen LogP contribution in [0.25, 0.3) is 0 Å². The minimum atomic E-state index is -0.627. The van der Waals surface area contributed by atoms with Crippen LogP contribution in [0, 0.1) is 5.41 Å². The molecule has 33 heavy (non-hydrogen) atoms. The second-order valence-corrected chi connectivity index (χ2v) is 10.2. The highest BCUT2D eigenvalue weighted by molar-refractivity contribution is 8.14. The van der Waals surface area contributed by atoms with Crippen LogP contribution in [0.4, 0.5) is 4.79 Å². The number of nitrogens with one attached hydrogen (secondary N) is 1. The standard InChI is InChI=1S/C25H32N2O5S/c1-6-16-9-12-19(26-14-16)20(32-23(28)25(2,3)4)15-31-18-10-7-17(8-11-18)13-21-22(30-5)27-24(29)33-21/h7-12,14,20-22H,6,13,15H2,1-5H3,(H,27,29)/t20-,21?,22?/m0/s1. The number of methoxy groups -OCH3 is 1. The number of hydrogen-bond acceptors (Lipinski definition) is 7. The highest BCUT2D eigenvalue weighted by Gasteiger charge is 2.33. The summed E-state index contributed by atoms with van der Waals surface area (Å²) >= 11 is 1.26. The van der Waals surface area contributed by atoms with Crippen LogP contribution in [0.3, 0.4) is 0 Å². The van der Waals surface area contributed by atoms with Crippen LogP contribution in [-0.4, -0.2) is 41.4 Å². The van der Waals surface area contributed by atoms with Crippen LogP contribution in [0.15, 0.2) is 42.6 Å². The lowest BCUT2D eigenvalue weighted by molar-refractivity contribution is -0.160. The molecule has 3 atom stereocenters. The Morgan fingerprint density at radius 2 is 1.85 bits per heavy atom. The van der Waals surface area contributed by atoms with Crippen LogP contribution in [0.1, 0.15) is 50.6 Å². The van der Waals surface area contributed by atoms with E-state index in [1.54, 1.807) is 13.3 Å². The van der Waals surface area contributed by atoms with Gasteiger partial charge in [-0.05, 0) is 62.9 Å². The molecule has 178 valence electrons. The van der Waals surface area contributed by atoms with Gasteiger partial charge in [-0.1, -0.05) is 36.9 Å². The van der Waals surface area contributed by atoms with E-state index in [2.05, 4.69) is 17.2 Å². The Hall–Kier alpha value is -2.58. The van der Waals surface area contributed by atoms with E-state index in [9.17, 15) is 9.59 Å². The quantitative estimate of drug-likeness (QED) is 0.530. The molecule has 2 heterocycles. The molecule has 0 aliphatic carbocycles. The van der Waals surface area contributed by atoms with Gasteiger partial charge in [0.1, 0.15) is 18.6 Å². The van der Waals surface area contributed by atoms with E-state index in [4.69, 9.17) is 14.2 Å². The summed E-state index contributed by atoms with van der Waals surface area (Å²) in [5, 5.41) is 2.75. The van der Waals surface area contributed by atoms with E-state index in [0.717, 1.165) is 17.5 Å². The van der Waals surface area contributed by atoms with Crippen molar-refractivity contribution in [1.82, 2.24) is 10.3 Å². The fourth-order valence-electron chi connectivity index (χ4n) is 3.25. The molecular weight excluding hydrogens is 440 g/mol. The molecule has 2 unspecified atom stereocenters. The van der Waals surface area contributed by atoms with Crippen molar-refractivity contribution in [2.24, 2.45) is 5.41 Å². The number of rotatable bonds is 9. The molecule has 0 radical (unpaired) electrons. The first-order valence-electron chi connectivity index (χ1n) is 11.1. The van der Waals surface area contributed by atoms with E-state index in [1.807, 2.05) is 57.2 Å². The number of aryl methyl sites for hydroxylation is 1. The molecule has 1 aliphatic heterocycles. The molecule has 1 fully saturated rings. The number of carbonyl (C=O) groups excluding carboxylic acids is 2. The molecule has 2 aromatic rings. The summed E-state index contributed by atoms with van der Waals surface area (Å²) in [6.45, 7) is 7.68. The van der Waals surface area contributed by atoms with Gasteiger partial charge in [-0.3, -0.25) is 14.6 Å². The minimum absolute atomic E-state index is 0.0210. The maximum atomic E-state index is 12.5. The zero-order chi connectivity index (χ0) is 24.0. The van der Waals surface area contributed by atoms with Crippen molar-refractivity contribution in [2.75, 3.05) is 13.7 Å². The van der Waals surface area contributed by atoms with Crippen LogP contribution in [0.2, 0.25) is 0 Å². The van der Waals surface area contributed by atoms with Crippen LogP contribution < -0.4 is 10.1 Å². The Labute approximate surface area is 199 Å². The average molecular weight is 473 g/mol. The zero-order valence-corrected chi connectivity index (χ0v) is 20.6. The van der Waals surface area contributed by atoms with Crippen LogP contribution in [-0.2, 0) is 27.1 Å². The second kappa shape index (κ2) is 11.0. The highest BCUT2D eigenvalue weighted by atomic mass is 32.2. The zero-order valence-electron chi connectivity index (χ0n) is 19.8. The molecule has 8 heteroatoms. The number of amides is 1. The van der Waals surface area contributed by atoms with E-state index in [-0.39, 0.29) is 29.3 Å². The van der Waals surface area contributed by atoms with Crippen LogP contribution >= 0.6 is 11.8 Å². The monoisotopic (exact) mass is 472 g/mol. The first-order chi connectivity index (χ1) is 15.7. The minimum Gasteiger partial charge on any atom is -0.489 e. The molecule has 0 spiro atoms. The van der Waals surface area contributed by atoms with Crippen molar-refractivity contribution in [2.45, 2.75) is 58.1 Å². The number of esters is 1. The molecule has 7 nitrogen and oxygen atoms in total. The van der Waals surface area contributed by atoms with Crippen molar-refractivity contribution in [3.63, 3.8) is 0 Å². The smallest absolute Gasteiger partial charge is 0.312 e. The SMILES string of the molecule is CCc1ccc([C@H](COc2ccc(CC3SC(=O)NC3OC)cc2)OC(=O)C(C)(C)C)nc1. The van der Waals surface area contributed by atoms with Gasteiger partial charge in [0.15, 0.2) is 6.10 Å². The van der Waals surface area contributed by atoms with Crippen molar-refractivity contribution < 1.29 is 23.8 Å². The first-order valence-corrected chi connectivity index (χ1v) is 11.9. The van der Waals surface area contributed by atoms with Crippen molar-refractivity contribution in [1.29, 1.82) is 0 Å². The number of thioether (sulfide) groups is 1. The summed E-state index contributed by atoms with van der Waals surface area (Å²) in [5.41, 5.74) is 2.22. The first kappa shape index (κ1) is 25.1. The Bertz CT molecular complexity index is 941. The second-order valence-electron chi connectivity index (χ2n) is 8.99. The van der Waals surface area contributed by atoms with Gasteiger partial charge in [0.05, 0.1) is 16.4 Å². The van der Waals surface area contributed by atoms with Gasteiger partial charge in [-0.15, -0.1) is 0 Å². The lowest BCUT2D eigenvalue weighted by Gasteiger charge is -2.23. The predicted octanol–water partition coefficient (Wildman–Crippen LogP) is 4.69. The van der Waals surface area contributed by atoms with Gasteiger partial charge in [-0.25, -0.2) is 0 Å². The topological polar surface area (TPSA) is 86.8 Å². The molecule has 0 saturated carbocycles. The number of aromatic nitrogens is 1. The lowest BCUT2D eigenvalue weighted by atomic mass is 9.97. The van der Waals surface area contributed by atoms with Gasteiger partial charge in [-0.2, -0.15) is 0 Å². The normalized spacial score (nSPS) is 19.1. The molecular formula is C25H32N2O5S. The fourth-order valence-corrected chi connectivity index (χ4v) is 4.29. The molecule has 1 aromatic carbocycles. The number of hydrogen-bond donors (Lipinski definition) is 1. The Balaban J connectivity index is 1.65. The molecule has 3 rings (SSSR count). The maximum Gasteiger partial charge on any atom is 0.312 e. The summed E-state index contributed by atoms with van der Waals surface area (Å²) in [6, 6.07) is 11.6. The molecule has 1 aromatic heterocycles. The van der Waals surface area contributed by atoms with Gasteiger partial charge < -0.3 is 19.5 Å². The van der Waals surface area contributed by atoms with E-state index in [0.29, 0.717) is 17.9 Å². The van der Waals surface area contributed by atoms with Gasteiger partial charge in [0, 0.05) is 13.3 Å². The van der Waals surface area contributed by atoms with Crippen LogP contribution in [0.5, 0.6) is 5.75 Å². The Morgan fingerprint density at radius 1 is 1.15 bits per heavy atom. The number of pyridine rings is 1. The molecule has 1 aliphatic rings. The maximum absolute atomic E-state index is 12.5. The summed E-state index contributed by atoms with van der Waals surface area (Å²) in [5.74, 6) is 0.357.